The van der Waals surface area contributed by atoms with Crippen LogP contribution in [-0.4, -0.2) is 40.2 Å². The number of aromatic nitrogens is 1. The molecule has 2 aliphatic heterocycles. The second-order valence-electron chi connectivity index (χ2n) is 7.50. The van der Waals surface area contributed by atoms with Gasteiger partial charge in [0.1, 0.15) is 11.4 Å². The van der Waals surface area contributed by atoms with Gasteiger partial charge in [0.2, 0.25) is 12.2 Å². The van der Waals surface area contributed by atoms with E-state index in [0.29, 0.717) is 28.1 Å². The first-order valence-electron chi connectivity index (χ1n) is 10.0. The number of pyridine rings is 1. The molecule has 1 atom stereocenters. The molecule has 1 aromatic carbocycles. The fourth-order valence-corrected chi connectivity index (χ4v) is 3.53. The van der Waals surface area contributed by atoms with Gasteiger partial charge in [-0.2, -0.15) is 13.2 Å². The number of rotatable bonds is 7. The second-order valence-corrected chi connectivity index (χ2v) is 7.50. The number of nitrogens with one attached hydrogen (secondary N) is 2. The Labute approximate surface area is 187 Å². The summed E-state index contributed by atoms with van der Waals surface area (Å²) in [5, 5.41) is 10.6. The molecule has 0 aliphatic carbocycles. The first-order valence-corrected chi connectivity index (χ1v) is 10.0. The summed E-state index contributed by atoms with van der Waals surface area (Å²) in [4.78, 5) is 18.6. The lowest BCUT2D eigenvalue weighted by Crippen LogP contribution is -2.40. The number of ether oxygens (including phenoxy) is 2. The van der Waals surface area contributed by atoms with Gasteiger partial charge in [-0.1, -0.05) is 18.2 Å². The summed E-state index contributed by atoms with van der Waals surface area (Å²) in [5.41, 5.74) is 7.56. The SMILES string of the molecule is CC1=C(OCC(F)(F)F)NNC(CN2Cc3c(ccnc3C(O)Oc3ccccc3)C2=O)=C1. The molecule has 33 heavy (non-hydrogen) atoms. The summed E-state index contributed by atoms with van der Waals surface area (Å²) in [6.07, 6.45) is -2.77. The van der Waals surface area contributed by atoms with Gasteiger partial charge < -0.3 is 24.9 Å². The minimum absolute atomic E-state index is 0.0419. The van der Waals surface area contributed by atoms with Crippen LogP contribution in [0.4, 0.5) is 13.2 Å². The van der Waals surface area contributed by atoms with Crippen molar-refractivity contribution in [1.82, 2.24) is 20.7 Å². The summed E-state index contributed by atoms with van der Waals surface area (Å²) in [6, 6.07) is 10.3. The molecule has 8 nitrogen and oxygen atoms in total. The van der Waals surface area contributed by atoms with Crippen LogP contribution in [0.15, 0.2) is 65.8 Å². The number of halogens is 3. The molecule has 0 saturated heterocycles. The van der Waals surface area contributed by atoms with Gasteiger partial charge in [-0.15, -0.1) is 0 Å². The number of hydrogen-bond donors (Lipinski definition) is 3. The lowest BCUT2D eigenvalue weighted by atomic mass is 10.1. The molecule has 0 fully saturated rings. The molecule has 0 spiro atoms. The van der Waals surface area contributed by atoms with Crippen molar-refractivity contribution < 1.29 is 32.5 Å². The molecule has 1 unspecified atom stereocenters. The number of nitrogens with zero attached hydrogens (tertiary/aromatic N) is 2. The number of allylic oxidation sites excluding steroid dienone is 2. The first-order chi connectivity index (χ1) is 15.7. The minimum atomic E-state index is -4.45. The maximum Gasteiger partial charge on any atom is 0.422 e. The number of carbonyl (C=O) groups is 1. The molecule has 2 aliphatic rings. The van der Waals surface area contributed by atoms with Crippen LogP contribution in [0.1, 0.15) is 34.8 Å². The maximum atomic E-state index is 12.9. The van der Waals surface area contributed by atoms with Crippen molar-refractivity contribution in [1.29, 1.82) is 0 Å². The summed E-state index contributed by atoms with van der Waals surface area (Å²) < 4.78 is 47.4. The van der Waals surface area contributed by atoms with Gasteiger partial charge in [-0.3, -0.25) is 15.2 Å². The monoisotopic (exact) mass is 462 g/mol. The van der Waals surface area contributed by atoms with Gasteiger partial charge in [-0.05, 0) is 31.2 Å². The predicted octanol–water partition coefficient (Wildman–Crippen LogP) is 2.91. The fourth-order valence-electron chi connectivity index (χ4n) is 3.53. The lowest BCUT2D eigenvalue weighted by Gasteiger charge is -2.25. The number of hydrogen-bond acceptors (Lipinski definition) is 7. The Kier molecular flexibility index (Phi) is 6.14. The van der Waals surface area contributed by atoms with Gasteiger partial charge in [0.25, 0.3) is 5.91 Å². The number of benzene rings is 1. The van der Waals surface area contributed by atoms with E-state index >= 15 is 0 Å². The van der Waals surface area contributed by atoms with Gasteiger partial charge in [0.15, 0.2) is 6.61 Å². The normalized spacial score (nSPS) is 16.6. The number of fused-ring (bicyclic) bond motifs is 1. The molecule has 0 bridgehead atoms. The number of para-hydroxylation sites is 1. The largest absolute Gasteiger partial charge is 0.468 e. The minimum Gasteiger partial charge on any atom is -0.468 e. The number of carbonyl (C=O) groups excluding carboxylic acids is 1. The van der Waals surface area contributed by atoms with E-state index in [0.717, 1.165) is 0 Å². The van der Waals surface area contributed by atoms with E-state index in [1.165, 1.54) is 11.1 Å². The zero-order chi connectivity index (χ0) is 23.6. The molecule has 2 aromatic rings. The predicted molar refractivity (Wildman–Crippen MR) is 110 cm³/mol. The topological polar surface area (TPSA) is 96.0 Å². The Bertz CT molecular complexity index is 1100. The molecule has 1 aromatic heterocycles. The standard InChI is InChI=1S/C22H21F3N4O4/c1-13-9-14(27-28-19(13)32-12-22(23,24)25)10-29-11-17-16(20(29)30)7-8-26-18(17)21(31)33-15-5-3-2-4-6-15/h2-9,21,27-28,31H,10-12H2,1H3. The van der Waals surface area contributed by atoms with Crippen LogP contribution >= 0.6 is 0 Å². The molecule has 3 N–H and O–H groups in total. The van der Waals surface area contributed by atoms with Gasteiger partial charge >= 0.3 is 6.18 Å². The van der Waals surface area contributed by atoms with E-state index in [2.05, 4.69) is 15.8 Å². The quantitative estimate of drug-likeness (QED) is 0.545. The third-order valence-corrected chi connectivity index (χ3v) is 5.01. The molecular formula is C22H21F3N4O4. The summed E-state index contributed by atoms with van der Waals surface area (Å²) in [6.45, 7) is 0.519. The van der Waals surface area contributed by atoms with Crippen LogP contribution in [0.3, 0.4) is 0 Å². The maximum absolute atomic E-state index is 12.9. The number of hydrazine groups is 1. The number of aliphatic hydroxyl groups is 1. The van der Waals surface area contributed by atoms with Crippen molar-refractivity contribution in [2.24, 2.45) is 0 Å². The number of alkyl halides is 3. The highest BCUT2D eigenvalue weighted by atomic mass is 19.4. The number of amides is 1. The van der Waals surface area contributed by atoms with Crippen LogP contribution in [-0.2, 0) is 11.3 Å². The Balaban J connectivity index is 1.46. The van der Waals surface area contributed by atoms with Crippen LogP contribution in [0.5, 0.6) is 5.75 Å². The van der Waals surface area contributed by atoms with Crippen LogP contribution in [0.25, 0.3) is 0 Å². The second kappa shape index (κ2) is 9.02. The summed E-state index contributed by atoms with van der Waals surface area (Å²) >= 11 is 0. The van der Waals surface area contributed by atoms with E-state index in [1.807, 2.05) is 6.07 Å². The van der Waals surface area contributed by atoms with Gasteiger partial charge in [0.05, 0.1) is 12.2 Å². The molecule has 3 heterocycles. The highest BCUT2D eigenvalue weighted by molar-refractivity contribution is 5.98. The van der Waals surface area contributed by atoms with Crippen LogP contribution in [0, 0.1) is 0 Å². The zero-order valence-electron chi connectivity index (χ0n) is 17.5. The average Bonchev–Trinajstić information content (AvgIpc) is 3.08. The molecule has 11 heteroatoms. The van der Waals surface area contributed by atoms with Gasteiger partial charge in [0, 0.05) is 29.4 Å². The fraction of sp³-hybridized carbons (Fsp3) is 0.273. The molecule has 1 amide bonds. The van der Waals surface area contributed by atoms with E-state index < -0.39 is 19.1 Å². The van der Waals surface area contributed by atoms with E-state index in [1.54, 1.807) is 43.3 Å². The van der Waals surface area contributed by atoms with Crippen LogP contribution < -0.4 is 15.6 Å². The molecule has 174 valence electrons. The van der Waals surface area contributed by atoms with E-state index in [9.17, 15) is 23.1 Å². The van der Waals surface area contributed by atoms with E-state index in [-0.39, 0.29) is 30.6 Å². The smallest absolute Gasteiger partial charge is 0.422 e. The average molecular weight is 462 g/mol. The molecule has 0 saturated carbocycles. The highest BCUT2D eigenvalue weighted by Gasteiger charge is 2.33. The zero-order valence-corrected chi connectivity index (χ0v) is 17.5. The van der Waals surface area contributed by atoms with Crippen molar-refractivity contribution in [2.45, 2.75) is 25.9 Å². The Morgan fingerprint density at radius 2 is 1.97 bits per heavy atom. The van der Waals surface area contributed by atoms with E-state index in [4.69, 9.17) is 9.47 Å². The lowest BCUT2D eigenvalue weighted by molar-refractivity contribution is -0.166. The summed E-state index contributed by atoms with van der Waals surface area (Å²) in [5.74, 6) is 0.155. The van der Waals surface area contributed by atoms with Crippen molar-refractivity contribution in [2.75, 3.05) is 13.2 Å². The van der Waals surface area contributed by atoms with Crippen molar-refractivity contribution in [3.05, 3.63) is 82.6 Å². The third-order valence-electron chi connectivity index (χ3n) is 5.01. The van der Waals surface area contributed by atoms with Crippen molar-refractivity contribution >= 4 is 5.91 Å². The van der Waals surface area contributed by atoms with Crippen molar-refractivity contribution in [3.8, 4) is 5.75 Å². The van der Waals surface area contributed by atoms with Crippen molar-refractivity contribution in [3.63, 3.8) is 0 Å². The Hall–Kier alpha value is -3.73. The Morgan fingerprint density at radius 1 is 1.21 bits per heavy atom. The highest BCUT2D eigenvalue weighted by Crippen LogP contribution is 2.30. The molecule has 4 rings (SSSR count). The number of aliphatic hydroxyl groups excluding tert-OH is 1. The first kappa shape index (κ1) is 22.5. The molecule has 0 radical (unpaired) electrons. The third kappa shape index (κ3) is 5.20. The molecular weight excluding hydrogens is 441 g/mol. The Morgan fingerprint density at radius 3 is 2.67 bits per heavy atom. The summed E-state index contributed by atoms with van der Waals surface area (Å²) in [7, 11) is 0. The van der Waals surface area contributed by atoms with Crippen LogP contribution in [0.2, 0.25) is 0 Å². The van der Waals surface area contributed by atoms with Gasteiger partial charge in [-0.25, -0.2) is 0 Å².